The molecule has 43 heavy (non-hydrogen) atoms. The fraction of sp³-hybridized carbons (Fsp3) is 0. The molecule has 3 heterocycles. The van der Waals surface area contributed by atoms with Gasteiger partial charge in [0.15, 0.2) is 5.58 Å². The Kier molecular flexibility index (Phi) is 4.68. The summed E-state index contributed by atoms with van der Waals surface area (Å²) in [5, 5.41) is 26.8. The SMILES string of the molecule is N#Cc1cc(-n2c3ccccc3c3ccccc32)c(-n2c3ccccc3c3ccc4c5ccccc5oc4c32)cc1C#N. The molecule has 0 radical (unpaired) electrons. The standard InChI is InChI=1S/C38H20N4O/c39-21-23-19-34(41-31-13-5-1-9-25(31)26-10-2-6-14-32(26)41)35(20-24(23)22-40)42-33-15-7-3-11-27(33)29-17-18-30-28-12-4-8-16-36(28)43-38(30)37(29)42/h1-20H. The van der Waals surface area contributed by atoms with Crippen LogP contribution in [0.5, 0.6) is 0 Å². The smallest absolute Gasteiger partial charge is 0.160 e. The average molecular weight is 549 g/mol. The van der Waals surface area contributed by atoms with E-state index in [4.69, 9.17) is 4.42 Å². The van der Waals surface area contributed by atoms with Gasteiger partial charge in [-0.1, -0.05) is 78.9 Å². The molecule has 0 aliphatic rings. The zero-order valence-corrected chi connectivity index (χ0v) is 22.7. The zero-order valence-electron chi connectivity index (χ0n) is 22.7. The van der Waals surface area contributed by atoms with Crippen molar-refractivity contribution < 1.29 is 4.42 Å². The molecule has 6 aromatic carbocycles. The van der Waals surface area contributed by atoms with E-state index < -0.39 is 0 Å². The van der Waals surface area contributed by atoms with Gasteiger partial charge in [-0.3, -0.25) is 0 Å². The Bertz CT molecular complexity index is 2650. The van der Waals surface area contributed by atoms with Crippen molar-refractivity contribution in [1.82, 2.24) is 9.13 Å². The van der Waals surface area contributed by atoms with Crippen molar-refractivity contribution in [3.05, 3.63) is 132 Å². The van der Waals surface area contributed by atoms with E-state index in [1.54, 1.807) is 0 Å². The predicted octanol–water partition coefficient (Wildman–Crippen LogP) is 9.52. The van der Waals surface area contributed by atoms with Crippen molar-refractivity contribution in [3.63, 3.8) is 0 Å². The van der Waals surface area contributed by atoms with Crippen LogP contribution in [0.15, 0.2) is 126 Å². The minimum absolute atomic E-state index is 0.324. The molecular weight excluding hydrogens is 528 g/mol. The fourth-order valence-corrected chi connectivity index (χ4v) is 6.78. The van der Waals surface area contributed by atoms with Gasteiger partial charge in [-0.15, -0.1) is 0 Å². The highest BCUT2D eigenvalue weighted by molar-refractivity contribution is 6.21. The molecule has 3 aromatic heterocycles. The van der Waals surface area contributed by atoms with E-state index in [0.29, 0.717) is 11.1 Å². The quantitative estimate of drug-likeness (QED) is 0.216. The molecule has 0 saturated carbocycles. The van der Waals surface area contributed by atoms with Crippen LogP contribution >= 0.6 is 0 Å². The van der Waals surface area contributed by atoms with Crippen LogP contribution in [0.2, 0.25) is 0 Å². The minimum atomic E-state index is 0.324. The summed E-state index contributed by atoms with van der Waals surface area (Å²) in [7, 11) is 0. The third-order valence-corrected chi connectivity index (χ3v) is 8.60. The van der Waals surface area contributed by atoms with Gasteiger partial charge in [-0.2, -0.15) is 10.5 Å². The molecule has 0 saturated heterocycles. The summed E-state index contributed by atoms with van der Waals surface area (Å²) in [6.45, 7) is 0. The maximum absolute atomic E-state index is 10.2. The summed E-state index contributed by atoms with van der Waals surface area (Å²) in [5.41, 5.74) is 7.81. The molecule has 198 valence electrons. The van der Waals surface area contributed by atoms with E-state index in [-0.39, 0.29) is 0 Å². The minimum Gasteiger partial charge on any atom is -0.454 e. The van der Waals surface area contributed by atoms with E-state index in [1.807, 2.05) is 66.7 Å². The molecule has 0 atom stereocenters. The summed E-state index contributed by atoms with van der Waals surface area (Å²) >= 11 is 0. The maximum atomic E-state index is 10.2. The molecule has 5 heteroatoms. The number of para-hydroxylation sites is 4. The van der Waals surface area contributed by atoms with E-state index in [2.05, 4.69) is 75.9 Å². The third kappa shape index (κ3) is 3.08. The van der Waals surface area contributed by atoms with Crippen LogP contribution in [-0.4, -0.2) is 9.13 Å². The van der Waals surface area contributed by atoms with Gasteiger partial charge < -0.3 is 13.6 Å². The van der Waals surface area contributed by atoms with Gasteiger partial charge in [0.2, 0.25) is 0 Å². The number of hydrogen-bond acceptors (Lipinski definition) is 3. The number of benzene rings is 6. The Labute approximate surface area is 245 Å². The lowest BCUT2D eigenvalue weighted by Crippen LogP contribution is -2.05. The molecule has 5 nitrogen and oxygen atoms in total. The normalized spacial score (nSPS) is 11.7. The van der Waals surface area contributed by atoms with Gasteiger partial charge in [0, 0.05) is 32.3 Å². The zero-order chi connectivity index (χ0) is 28.7. The molecule has 0 amide bonds. The van der Waals surface area contributed by atoms with Gasteiger partial charge >= 0.3 is 0 Å². The summed E-state index contributed by atoms with van der Waals surface area (Å²) in [5.74, 6) is 0. The lowest BCUT2D eigenvalue weighted by molar-refractivity contribution is 0.671. The molecule has 9 aromatic rings. The van der Waals surface area contributed by atoms with Crippen molar-refractivity contribution in [3.8, 4) is 23.5 Å². The largest absolute Gasteiger partial charge is 0.454 e. The number of fused-ring (bicyclic) bond motifs is 10. The van der Waals surface area contributed by atoms with Gasteiger partial charge in [-0.25, -0.2) is 0 Å². The number of furan rings is 1. The van der Waals surface area contributed by atoms with Crippen molar-refractivity contribution >= 4 is 65.6 Å². The second kappa shape index (κ2) is 8.60. The molecule has 0 fully saturated rings. The summed E-state index contributed by atoms with van der Waals surface area (Å²) in [4.78, 5) is 0. The van der Waals surface area contributed by atoms with Crippen LogP contribution < -0.4 is 0 Å². The first-order valence-corrected chi connectivity index (χ1v) is 14.1. The maximum Gasteiger partial charge on any atom is 0.160 e. The van der Waals surface area contributed by atoms with Crippen molar-refractivity contribution in [1.29, 1.82) is 10.5 Å². The van der Waals surface area contributed by atoms with E-state index in [1.165, 1.54) is 0 Å². The van der Waals surface area contributed by atoms with Crippen LogP contribution in [0.1, 0.15) is 11.1 Å². The predicted molar refractivity (Wildman–Crippen MR) is 172 cm³/mol. The molecule has 0 N–H and O–H groups in total. The second-order valence-corrected chi connectivity index (χ2v) is 10.8. The molecule has 0 aliphatic heterocycles. The molecule has 9 rings (SSSR count). The van der Waals surface area contributed by atoms with Gasteiger partial charge in [0.25, 0.3) is 0 Å². The lowest BCUT2D eigenvalue weighted by Gasteiger charge is -2.18. The molecule has 0 bridgehead atoms. The molecular formula is C38H20N4O. The monoisotopic (exact) mass is 548 g/mol. The summed E-state index contributed by atoms with van der Waals surface area (Å²) in [6.07, 6.45) is 0. The first kappa shape index (κ1) is 23.4. The van der Waals surface area contributed by atoms with E-state index in [9.17, 15) is 10.5 Å². The van der Waals surface area contributed by atoms with Gasteiger partial charge in [0.05, 0.1) is 44.6 Å². The number of nitriles is 2. The van der Waals surface area contributed by atoms with Gasteiger partial charge in [-0.05, 0) is 42.5 Å². The topological polar surface area (TPSA) is 70.6 Å². The Hall–Kier alpha value is -6.30. The number of hydrogen-bond donors (Lipinski definition) is 0. The first-order chi connectivity index (χ1) is 21.3. The second-order valence-electron chi connectivity index (χ2n) is 10.8. The third-order valence-electron chi connectivity index (χ3n) is 8.60. The fourth-order valence-electron chi connectivity index (χ4n) is 6.78. The molecule has 0 spiro atoms. The summed E-state index contributed by atoms with van der Waals surface area (Å²) < 4.78 is 11.0. The van der Waals surface area contributed by atoms with Crippen LogP contribution in [0.4, 0.5) is 0 Å². The number of rotatable bonds is 2. The Morgan fingerprint density at radius 2 is 0.930 bits per heavy atom. The molecule has 0 aliphatic carbocycles. The van der Waals surface area contributed by atoms with Crippen LogP contribution in [0.25, 0.3) is 76.9 Å². The van der Waals surface area contributed by atoms with E-state index in [0.717, 1.165) is 76.9 Å². The average Bonchev–Trinajstić information content (AvgIpc) is 3.72. The highest BCUT2D eigenvalue weighted by Gasteiger charge is 2.24. The number of aromatic nitrogens is 2. The lowest BCUT2D eigenvalue weighted by atomic mass is 10.1. The summed E-state index contributed by atoms with van der Waals surface area (Å²) in [6, 6.07) is 45.6. The Morgan fingerprint density at radius 1 is 0.465 bits per heavy atom. The number of nitrogens with zero attached hydrogens (tertiary/aromatic N) is 4. The Morgan fingerprint density at radius 3 is 1.53 bits per heavy atom. The first-order valence-electron chi connectivity index (χ1n) is 14.1. The Balaban J connectivity index is 1.53. The van der Waals surface area contributed by atoms with Gasteiger partial charge in [0.1, 0.15) is 17.7 Å². The highest BCUT2D eigenvalue weighted by Crippen LogP contribution is 2.42. The van der Waals surface area contributed by atoms with Crippen molar-refractivity contribution in [2.24, 2.45) is 0 Å². The molecule has 0 unspecified atom stereocenters. The van der Waals surface area contributed by atoms with Crippen LogP contribution in [0.3, 0.4) is 0 Å². The highest BCUT2D eigenvalue weighted by atomic mass is 16.3. The van der Waals surface area contributed by atoms with Crippen LogP contribution in [-0.2, 0) is 0 Å². The van der Waals surface area contributed by atoms with Crippen molar-refractivity contribution in [2.75, 3.05) is 0 Å². The van der Waals surface area contributed by atoms with Crippen LogP contribution in [0, 0.1) is 22.7 Å². The van der Waals surface area contributed by atoms with E-state index >= 15 is 0 Å². The van der Waals surface area contributed by atoms with Crippen molar-refractivity contribution in [2.45, 2.75) is 0 Å².